The summed E-state index contributed by atoms with van der Waals surface area (Å²) in [7, 11) is -2.35. The van der Waals surface area contributed by atoms with Crippen LogP contribution < -0.4 is 5.32 Å². The fraction of sp³-hybridized carbons (Fsp3) is 0.364. The van der Waals surface area contributed by atoms with Gasteiger partial charge < -0.3 is 10.1 Å². The summed E-state index contributed by atoms with van der Waals surface area (Å²) in [5.41, 5.74) is 2.48. The number of nitrogens with zero attached hydrogens (tertiary/aromatic N) is 1. The maximum Gasteiger partial charge on any atom is 0.338 e. The molecule has 1 atom stereocenters. The van der Waals surface area contributed by atoms with Crippen molar-refractivity contribution in [2.24, 2.45) is 5.92 Å². The molecule has 0 aliphatic carbocycles. The Balaban J connectivity index is 1.75. The molecular weight excluding hydrogens is 404 g/mol. The predicted octanol–water partition coefficient (Wildman–Crippen LogP) is 3.13. The van der Waals surface area contributed by atoms with Gasteiger partial charge in [-0.1, -0.05) is 23.8 Å². The summed E-state index contributed by atoms with van der Waals surface area (Å²) < 4.78 is 32.1. The number of methoxy groups -OCH3 is 1. The van der Waals surface area contributed by atoms with Crippen molar-refractivity contribution in [3.8, 4) is 0 Å². The maximum absolute atomic E-state index is 13.0. The molecule has 1 N–H and O–H groups in total. The van der Waals surface area contributed by atoms with Gasteiger partial charge in [-0.15, -0.1) is 0 Å². The van der Waals surface area contributed by atoms with Gasteiger partial charge in [0.05, 0.1) is 23.5 Å². The molecule has 30 heavy (non-hydrogen) atoms. The number of anilines is 1. The number of sulfonamides is 1. The molecule has 0 radical (unpaired) electrons. The number of benzene rings is 2. The molecule has 1 fully saturated rings. The molecule has 2 aromatic rings. The van der Waals surface area contributed by atoms with E-state index in [9.17, 15) is 18.0 Å². The van der Waals surface area contributed by atoms with E-state index in [0.717, 1.165) is 5.56 Å². The van der Waals surface area contributed by atoms with Gasteiger partial charge in [-0.2, -0.15) is 4.31 Å². The van der Waals surface area contributed by atoms with Crippen LogP contribution in [0.2, 0.25) is 0 Å². The van der Waals surface area contributed by atoms with Crippen LogP contribution in [0.4, 0.5) is 5.69 Å². The van der Waals surface area contributed by atoms with Gasteiger partial charge in [0.15, 0.2) is 0 Å². The van der Waals surface area contributed by atoms with Gasteiger partial charge in [0.2, 0.25) is 15.9 Å². The summed E-state index contributed by atoms with van der Waals surface area (Å²) >= 11 is 0. The van der Waals surface area contributed by atoms with E-state index in [4.69, 9.17) is 4.74 Å². The van der Waals surface area contributed by atoms with Gasteiger partial charge >= 0.3 is 5.97 Å². The quantitative estimate of drug-likeness (QED) is 0.736. The number of ether oxygens (including phenoxy) is 1. The first-order valence-corrected chi connectivity index (χ1v) is 11.2. The van der Waals surface area contributed by atoms with Crippen molar-refractivity contribution in [1.29, 1.82) is 0 Å². The van der Waals surface area contributed by atoms with Gasteiger partial charge in [0.25, 0.3) is 0 Å². The molecule has 1 unspecified atom stereocenters. The van der Waals surface area contributed by atoms with Crippen molar-refractivity contribution < 1.29 is 22.7 Å². The first-order chi connectivity index (χ1) is 14.2. The lowest BCUT2D eigenvalue weighted by Gasteiger charge is -2.31. The maximum atomic E-state index is 13.0. The van der Waals surface area contributed by atoms with Gasteiger partial charge in [-0.25, -0.2) is 13.2 Å². The Morgan fingerprint density at radius 1 is 1.10 bits per heavy atom. The highest BCUT2D eigenvalue weighted by atomic mass is 32.2. The fourth-order valence-corrected chi connectivity index (χ4v) is 5.09. The Bertz CT molecular complexity index is 1050. The van der Waals surface area contributed by atoms with Crippen molar-refractivity contribution >= 4 is 27.6 Å². The number of rotatable bonds is 5. The SMILES string of the molecule is COC(=O)c1cccc(NC(=O)C2CCCN(S(=O)(=O)c3ccc(C)cc3)C2)c1C. The number of hydrogen-bond donors (Lipinski definition) is 1. The molecule has 3 rings (SSSR count). The first-order valence-electron chi connectivity index (χ1n) is 9.79. The highest BCUT2D eigenvalue weighted by molar-refractivity contribution is 7.89. The summed E-state index contributed by atoms with van der Waals surface area (Å²) in [6, 6.07) is 11.7. The normalized spacial score (nSPS) is 17.4. The summed E-state index contributed by atoms with van der Waals surface area (Å²) in [6.07, 6.45) is 1.20. The van der Waals surface area contributed by atoms with Crippen molar-refractivity contribution in [1.82, 2.24) is 4.31 Å². The van der Waals surface area contributed by atoms with E-state index >= 15 is 0 Å². The van der Waals surface area contributed by atoms with Crippen molar-refractivity contribution in [2.75, 3.05) is 25.5 Å². The number of carbonyl (C=O) groups is 2. The van der Waals surface area contributed by atoms with Crippen molar-refractivity contribution in [3.63, 3.8) is 0 Å². The molecule has 0 bridgehead atoms. The van der Waals surface area contributed by atoms with Crippen LogP contribution in [-0.4, -0.2) is 44.8 Å². The zero-order chi connectivity index (χ0) is 21.9. The topological polar surface area (TPSA) is 92.8 Å². The highest BCUT2D eigenvalue weighted by Crippen LogP contribution is 2.26. The number of aryl methyl sites for hydroxylation is 1. The summed E-state index contributed by atoms with van der Waals surface area (Å²) in [5, 5.41) is 2.85. The summed E-state index contributed by atoms with van der Waals surface area (Å²) in [4.78, 5) is 25.0. The van der Waals surface area contributed by atoms with Gasteiger partial charge in [-0.05, 0) is 56.5 Å². The van der Waals surface area contributed by atoms with Gasteiger partial charge in [0, 0.05) is 18.8 Å². The number of nitrogens with one attached hydrogen (secondary N) is 1. The van der Waals surface area contributed by atoms with E-state index in [-0.39, 0.29) is 17.3 Å². The Hall–Kier alpha value is -2.71. The molecule has 1 aliphatic rings. The molecule has 160 valence electrons. The molecule has 1 saturated heterocycles. The average Bonchev–Trinajstić information content (AvgIpc) is 2.75. The Kier molecular flexibility index (Phi) is 6.58. The molecule has 1 heterocycles. The number of hydrogen-bond acceptors (Lipinski definition) is 5. The summed E-state index contributed by atoms with van der Waals surface area (Å²) in [5.74, 6) is -1.21. The van der Waals surface area contributed by atoms with Crippen LogP contribution in [0, 0.1) is 19.8 Å². The van der Waals surface area contributed by atoms with Crippen LogP contribution in [0.5, 0.6) is 0 Å². The Labute approximate surface area is 177 Å². The minimum Gasteiger partial charge on any atom is -0.465 e. The number of esters is 1. The second kappa shape index (κ2) is 8.97. The van der Waals surface area contributed by atoms with Crippen molar-refractivity contribution in [2.45, 2.75) is 31.6 Å². The van der Waals surface area contributed by atoms with Gasteiger partial charge in [0.1, 0.15) is 0 Å². The minimum atomic E-state index is -3.66. The predicted molar refractivity (Wildman–Crippen MR) is 114 cm³/mol. The van der Waals surface area contributed by atoms with E-state index in [1.54, 1.807) is 49.4 Å². The van der Waals surface area contributed by atoms with Crippen LogP contribution in [0.1, 0.15) is 34.3 Å². The lowest BCUT2D eigenvalue weighted by atomic mass is 9.98. The molecule has 0 saturated carbocycles. The van der Waals surface area contributed by atoms with Crippen LogP contribution in [0.15, 0.2) is 47.4 Å². The fourth-order valence-electron chi connectivity index (χ4n) is 3.57. The molecule has 7 nitrogen and oxygen atoms in total. The first kappa shape index (κ1) is 22.0. The molecule has 2 aromatic carbocycles. The lowest BCUT2D eigenvalue weighted by Crippen LogP contribution is -2.43. The Morgan fingerprint density at radius 3 is 2.47 bits per heavy atom. The minimum absolute atomic E-state index is 0.123. The van der Waals surface area contributed by atoms with E-state index in [1.165, 1.54) is 11.4 Å². The Morgan fingerprint density at radius 2 is 1.80 bits per heavy atom. The second-order valence-electron chi connectivity index (χ2n) is 7.47. The molecule has 1 aliphatic heterocycles. The molecule has 8 heteroatoms. The standard InChI is InChI=1S/C22H26N2O5S/c1-15-9-11-18(12-10-15)30(27,28)24-13-5-6-17(14-24)21(25)23-20-8-4-7-19(16(20)2)22(26)29-3/h4,7-12,17H,5-6,13-14H2,1-3H3,(H,23,25). The van der Waals surface area contributed by atoms with E-state index in [2.05, 4.69) is 5.32 Å². The zero-order valence-electron chi connectivity index (χ0n) is 17.3. The molecule has 0 spiro atoms. The van der Waals surface area contributed by atoms with E-state index in [1.807, 2.05) is 6.92 Å². The van der Waals surface area contributed by atoms with E-state index < -0.39 is 21.9 Å². The smallest absolute Gasteiger partial charge is 0.338 e. The summed E-state index contributed by atoms with van der Waals surface area (Å²) in [6.45, 7) is 4.14. The monoisotopic (exact) mass is 430 g/mol. The average molecular weight is 431 g/mol. The van der Waals surface area contributed by atoms with E-state index in [0.29, 0.717) is 36.2 Å². The van der Waals surface area contributed by atoms with Crippen LogP contribution in [-0.2, 0) is 19.6 Å². The van der Waals surface area contributed by atoms with Crippen LogP contribution in [0.3, 0.4) is 0 Å². The van der Waals surface area contributed by atoms with Crippen molar-refractivity contribution in [3.05, 3.63) is 59.2 Å². The molecular formula is C22H26N2O5S. The van der Waals surface area contributed by atoms with Crippen LogP contribution >= 0.6 is 0 Å². The number of piperidine rings is 1. The van der Waals surface area contributed by atoms with Crippen LogP contribution in [0.25, 0.3) is 0 Å². The lowest BCUT2D eigenvalue weighted by molar-refractivity contribution is -0.120. The largest absolute Gasteiger partial charge is 0.465 e. The van der Waals surface area contributed by atoms with Gasteiger partial charge in [-0.3, -0.25) is 4.79 Å². The third-order valence-electron chi connectivity index (χ3n) is 5.41. The number of amides is 1. The number of carbonyl (C=O) groups excluding carboxylic acids is 2. The second-order valence-corrected chi connectivity index (χ2v) is 9.41. The third kappa shape index (κ3) is 4.55. The molecule has 1 amide bonds. The molecule has 0 aromatic heterocycles. The highest BCUT2D eigenvalue weighted by Gasteiger charge is 2.33. The zero-order valence-corrected chi connectivity index (χ0v) is 18.2. The third-order valence-corrected chi connectivity index (χ3v) is 7.29.